The maximum atomic E-state index is 13.0. The van der Waals surface area contributed by atoms with Crippen molar-refractivity contribution < 1.29 is 19.1 Å². The van der Waals surface area contributed by atoms with E-state index in [2.05, 4.69) is 10.6 Å². The summed E-state index contributed by atoms with van der Waals surface area (Å²) in [5, 5.41) is 5.51. The molecule has 0 aromatic heterocycles. The van der Waals surface area contributed by atoms with Crippen LogP contribution in [0.15, 0.2) is 78.5 Å². The highest BCUT2D eigenvalue weighted by molar-refractivity contribution is 6.05. The van der Waals surface area contributed by atoms with E-state index >= 15 is 0 Å². The van der Waals surface area contributed by atoms with Gasteiger partial charge in [0, 0.05) is 23.4 Å². The number of ether oxygens (including phenoxy) is 2. The van der Waals surface area contributed by atoms with E-state index in [9.17, 15) is 9.59 Å². The number of methoxy groups -OCH3 is 2. The van der Waals surface area contributed by atoms with Crippen LogP contribution in [-0.2, 0) is 11.3 Å². The van der Waals surface area contributed by atoms with Crippen LogP contribution in [-0.4, -0.2) is 26.0 Å². The summed E-state index contributed by atoms with van der Waals surface area (Å²) in [5.41, 5.74) is 8.37. The van der Waals surface area contributed by atoms with Crippen molar-refractivity contribution in [1.82, 2.24) is 10.6 Å². The van der Waals surface area contributed by atoms with Gasteiger partial charge < -0.3 is 25.8 Å². The van der Waals surface area contributed by atoms with E-state index < -0.39 is 11.8 Å². The number of carbonyl (C=O) groups excluding carboxylic acids is 2. The molecule has 0 unspecified atom stereocenters. The van der Waals surface area contributed by atoms with Crippen LogP contribution in [0.1, 0.15) is 21.5 Å². The zero-order chi connectivity index (χ0) is 22.9. The van der Waals surface area contributed by atoms with Crippen molar-refractivity contribution in [3.63, 3.8) is 0 Å². The summed E-state index contributed by atoms with van der Waals surface area (Å²) in [6, 6.07) is 21.1. The van der Waals surface area contributed by atoms with Crippen molar-refractivity contribution >= 4 is 23.6 Å². The number of nitrogens with one attached hydrogen (secondary N) is 2. The summed E-state index contributed by atoms with van der Waals surface area (Å²) >= 11 is 0. The van der Waals surface area contributed by atoms with Gasteiger partial charge in [-0.05, 0) is 48.0 Å². The molecule has 32 heavy (non-hydrogen) atoms. The Morgan fingerprint density at radius 1 is 0.938 bits per heavy atom. The molecule has 0 fully saturated rings. The minimum Gasteiger partial charge on any atom is -0.497 e. The second-order valence-corrected chi connectivity index (χ2v) is 6.87. The average Bonchev–Trinajstić information content (AvgIpc) is 2.83. The largest absolute Gasteiger partial charge is 0.497 e. The molecule has 0 saturated carbocycles. The van der Waals surface area contributed by atoms with Gasteiger partial charge in [-0.25, -0.2) is 0 Å². The van der Waals surface area contributed by atoms with Gasteiger partial charge >= 0.3 is 0 Å². The first kappa shape index (κ1) is 22.4. The van der Waals surface area contributed by atoms with Crippen LogP contribution in [0.2, 0.25) is 0 Å². The molecule has 0 heterocycles. The van der Waals surface area contributed by atoms with E-state index in [1.54, 1.807) is 61.7 Å². The lowest BCUT2D eigenvalue weighted by Gasteiger charge is -2.13. The molecule has 164 valence electrons. The number of para-hydroxylation sites is 1. The summed E-state index contributed by atoms with van der Waals surface area (Å²) in [7, 11) is 3.07. The second-order valence-electron chi connectivity index (χ2n) is 6.87. The first-order valence-electron chi connectivity index (χ1n) is 9.93. The van der Waals surface area contributed by atoms with Crippen molar-refractivity contribution in [2.24, 2.45) is 0 Å². The molecule has 0 bridgehead atoms. The lowest BCUT2D eigenvalue weighted by Crippen LogP contribution is -2.34. The highest BCUT2D eigenvalue weighted by Gasteiger charge is 2.16. The first-order chi connectivity index (χ1) is 15.5. The lowest BCUT2D eigenvalue weighted by atomic mass is 10.1. The molecule has 3 aromatic rings. The Labute approximate surface area is 186 Å². The van der Waals surface area contributed by atoms with Gasteiger partial charge in [0.05, 0.1) is 14.2 Å². The van der Waals surface area contributed by atoms with E-state index in [4.69, 9.17) is 15.2 Å². The molecule has 2 amide bonds. The van der Waals surface area contributed by atoms with Gasteiger partial charge in [-0.1, -0.05) is 36.4 Å². The number of carbonyl (C=O) groups is 2. The SMILES string of the molecule is COc1ccc(OC)c(/C=C(\NC(=O)c2ccccc2)C(=O)NCc2ccccc2N)c1. The van der Waals surface area contributed by atoms with Crippen molar-refractivity contribution in [1.29, 1.82) is 0 Å². The quantitative estimate of drug-likeness (QED) is 0.375. The molecule has 0 spiro atoms. The smallest absolute Gasteiger partial charge is 0.268 e. The fourth-order valence-electron chi connectivity index (χ4n) is 3.02. The monoisotopic (exact) mass is 431 g/mol. The summed E-state index contributed by atoms with van der Waals surface area (Å²) in [6.45, 7) is 0.208. The molecule has 4 N–H and O–H groups in total. The summed E-state index contributed by atoms with van der Waals surface area (Å²) < 4.78 is 10.7. The Bertz CT molecular complexity index is 1130. The average molecular weight is 431 g/mol. The number of nitrogen functional groups attached to an aromatic ring is 1. The molecule has 0 aliphatic carbocycles. The molecule has 7 heteroatoms. The maximum Gasteiger partial charge on any atom is 0.268 e. The van der Waals surface area contributed by atoms with Crippen LogP contribution in [0.25, 0.3) is 6.08 Å². The topological polar surface area (TPSA) is 103 Å². The van der Waals surface area contributed by atoms with Crippen molar-refractivity contribution in [2.45, 2.75) is 6.54 Å². The fourth-order valence-corrected chi connectivity index (χ4v) is 3.02. The van der Waals surface area contributed by atoms with E-state index in [1.807, 2.05) is 24.3 Å². The number of anilines is 1. The van der Waals surface area contributed by atoms with Crippen molar-refractivity contribution in [2.75, 3.05) is 20.0 Å². The number of rotatable bonds is 8. The summed E-state index contributed by atoms with van der Waals surface area (Å²) in [4.78, 5) is 25.8. The van der Waals surface area contributed by atoms with Gasteiger partial charge in [0.25, 0.3) is 11.8 Å². The summed E-state index contributed by atoms with van der Waals surface area (Å²) in [6.07, 6.45) is 1.55. The van der Waals surface area contributed by atoms with Crippen molar-refractivity contribution in [3.05, 3.63) is 95.2 Å². The number of nitrogens with two attached hydrogens (primary N) is 1. The Balaban J connectivity index is 1.92. The van der Waals surface area contributed by atoms with Crippen LogP contribution in [0.4, 0.5) is 5.69 Å². The predicted molar refractivity (Wildman–Crippen MR) is 124 cm³/mol. The van der Waals surface area contributed by atoms with Crippen LogP contribution in [0, 0.1) is 0 Å². The predicted octanol–water partition coefficient (Wildman–Crippen LogP) is 3.37. The highest BCUT2D eigenvalue weighted by Crippen LogP contribution is 2.26. The van der Waals surface area contributed by atoms with Gasteiger partial charge in [-0.2, -0.15) is 0 Å². The number of hydrogen-bond donors (Lipinski definition) is 3. The molecular weight excluding hydrogens is 406 g/mol. The lowest BCUT2D eigenvalue weighted by molar-refractivity contribution is -0.117. The Kier molecular flexibility index (Phi) is 7.48. The number of hydrogen-bond acceptors (Lipinski definition) is 5. The van der Waals surface area contributed by atoms with Crippen molar-refractivity contribution in [3.8, 4) is 11.5 Å². The van der Waals surface area contributed by atoms with Gasteiger partial charge in [-0.15, -0.1) is 0 Å². The molecule has 0 saturated heterocycles. The maximum absolute atomic E-state index is 13.0. The molecular formula is C25H25N3O4. The minimum atomic E-state index is -0.470. The molecule has 3 aromatic carbocycles. The van der Waals surface area contributed by atoms with Gasteiger partial charge in [0.2, 0.25) is 0 Å². The Hall–Kier alpha value is -4.26. The second kappa shape index (κ2) is 10.7. The molecule has 3 rings (SSSR count). The number of amides is 2. The molecule has 0 aliphatic heterocycles. The van der Waals surface area contributed by atoms with Crippen LogP contribution in [0.3, 0.4) is 0 Å². The van der Waals surface area contributed by atoms with Gasteiger partial charge in [-0.3, -0.25) is 9.59 Å². The third-order valence-electron chi connectivity index (χ3n) is 4.76. The molecule has 0 radical (unpaired) electrons. The van der Waals surface area contributed by atoms with Crippen LogP contribution in [0.5, 0.6) is 11.5 Å². The molecule has 0 aliphatic rings. The van der Waals surface area contributed by atoms with Crippen LogP contribution >= 0.6 is 0 Å². The third kappa shape index (κ3) is 5.66. The van der Waals surface area contributed by atoms with E-state index in [0.717, 1.165) is 5.56 Å². The first-order valence-corrected chi connectivity index (χ1v) is 9.93. The van der Waals surface area contributed by atoms with E-state index in [0.29, 0.717) is 28.3 Å². The Morgan fingerprint density at radius 2 is 1.66 bits per heavy atom. The normalized spacial score (nSPS) is 10.9. The highest BCUT2D eigenvalue weighted by atomic mass is 16.5. The minimum absolute atomic E-state index is 0.0555. The fraction of sp³-hybridized carbons (Fsp3) is 0.120. The Morgan fingerprint density at radius 3 is 2.34 bits per heavy atom. The van der Waals surface area contributed by atoms with E-state index in [-0.39, 0.29) is 12.2 Å². The standard InChI is InChI=1S/C25H25N3O4/c1-31-20-12-13-23(32-2)19(14-20)15-22(28-24(29)17-8-4-3-5-9-17)25(30)27-16-18-10-6-7-11-21(18)26/h3-15H,16,26H2,1-2H3,(H,27,30)(H,28,29)/b22-15-. The van der Waals surface area contributed by atoms with Gasteiger partial charge in [0.15, 0.2) is 0 Å². The van der Waals surface area contributed by atoms with Crippen LogP contribution < -0.4 is 25.8 Å². The van der Waals surface area contributed by atoms with E-state index in [1.165, 1.54) is 7.11 Å². The summed E-state index contributed by atoms with van der Waals surface area (Å²) in [5.74, 6) is 0.233. The molecule has 0 atom stereocenters. The number of benzene rings is 3. The zero-order valence-corrected chi connectivity index (χ0v) is 17.9. The molecule has 7 nitrogen and oxygen atoms in total. The zero-order valence-electron chi connectivity index (χ0n) is 17.9. The third-order valence-corrected chi connectivity index (χ3v) is 4.76. The van der Waals surface area contributed by atoms with Gasteiger partial charge in [0.1, 0.15) is 17.2 Å².